The van der Waals surface area contributed by atoms with Gasteiger partial charge in [0, 0.05) is 43.5 Å². The van der Waals surface area contributed by atoms with E-state index < -0.39 is 0 Å². The third-order valence-electron chi connectivity index (χ3n) is 5.30. The normalized spacial score (nSPS) is 14.3. The smallest absolute Gasteiger partial charge is 0.164 e. The first kappa shape index (κ1) is 16.1. The van der Waals surface area contributed by atoms with E-state index in [1.54, 1.807) is 12.4 Å². The molecular weight excluding hydrogens is 338 g/mol. The summed E-state index contributed by atoms with van der Waals surface area (Å²) >= 11 is 0. The van der Waals surface area contributed by atoms with Crippen LogP contribution in [0.15, 0.2) is 30.6 Å². The van der Waals surface area contributed by atoms with Gasteiger partial charge in [0.05, 0.1) is 16.8 Å². The molecule has 136 valence electrons. The molecule has 0 amide bonds. The summed E-state index contributed by atoms with van der Waals surface area (Å²) in [4.78, 5) is 9.01. The zero-order valence-electron chi connectivity index (χ0n) is 15.6. The first-order chi connectivity index (χ1) is 13.2. The summed E-state index contributed by atoms with van der Waals surface area (Å²) in [6, 6.07) is 6.07. The molecule has 0 atom stereocenters. The third-order valence-corrected chi connectivity index (χ3v) is 5.30. The summed E-state index contributed by atoms with van der Waals surface area (Å²) in [5, 5.41) is 14.7. The number of hydrogen-bond acceptors (Lipinski definition) is 5. The maximum absolute atomic E-state index is 4.88. The van der Waals surface area contributed by atoms with E-state index in [1.807, 2.05) is 30.8 Å². The number of fused-ring (bicyclic) bond motifs is 2. The molecule has 7 heteroatoms. The van der Waals surface area contributed by atoms with Crippen molar-refractivity contribution in [2.75, 3.05) is 0 Å². The second-order valence-corrected chi connectivity index (χ2v) is 7.10. The molecular formula is C20H21N7. The zero-order valence-corrected chi connectivity index (χ0v) is 15.6. The number of nitrogens with zero attached hydrogens (tertiary/aromatic N) is 7. The van der Waals surface area contributed by atoms with E-state index in [-0.39, 0.29) is 0 Å². The lowest BCUT2D eigenvalue weighted by atomic mass is 10.1. The highest BCUT2D eigenvalue weighted by molar-refractivity contribution is 5.95. The van der Waals surface area contributed by atoms with Crippen LogP contribution in [0.3, 0.4) is 0 Å². The van der Waals surface area contributed by atoms with Gasteiger partial charge in [0.2, 0.25) is 0 Å². The Labute approximate surface area is 157 Å². The lowest BCUT2D eigenvalue weighted by Gasteiger charge is -2.10. The standard InChI is InChI=1S/C20H21N7/c1-13-18-15(19-24-23-17-6-4-3-5-11-27(17)19)12-16(14-7-9-21-10-8-14)22-20(18)26(2)25-13/h7-10,12H,3-6,11H2,1-2H3. The maximum atomic E-state index is 4.88. The van der Waals surface area contributed by atoms with Crippen LogP contribution in [0.1, 0.15) is 30.8 Å². The number of aromatic nitrogens is 7. The van der Waals surface area contributed by atoms with Crippen molar-refractivity contribution < 1.29 is 0 Å². The van der Waals surface area contributed by atoms with Crippen molar-refractivity contribution in [3.63, 3.8) is 0 Å². The topological polar surface area (TPSA) is 74.3 Å². The number of rotatable bonds is 2. The number of aryl methyl sites for hydroxylation is 3. The summed E-state index contributed by atoms with van der Waals surface area (Å²) in [5.41, 5.74) is 4.81. The molecule has 5 heterocycles. The summed E-state index contributed by atoms with van der Waals surface area (Å²) in [6.45, 7) is 2.99. The fraction of sp³-hybridized carbons (Fsp3) is 0.350. The second kappa shape index (κ2) is 6.26. The van der Waals surface area contributed by atoms with Gasteiger partial charge in [0.1, 0.15) is 5.82 Å². The highest BCUT2D eigenvalue weighted by Gasteiger charge is 2.22. The van der Waals surface area contributed by atoms with E-state index >= 15 is 0 Å². The molecule has 5 rings (SSSR count). The molecule has 0 N–H and O–H groups in total. The van der Waals surface area contributed by atoms with Gasteiger partial charge in [0.15, 0.2) is 11.5 Å². The van der Waals surface area contributed by atoms with Crippen molar-refractivity contribution in [2.24, 2.45) is 7.05 Å². The molecule has 0 saturated carbocycles. The van der Waals surface area contributed by atoms with Crippen LogP contribution >= 0.6 is 0 Å². The predicted octanol–water partition coefficient (Wildman–Crippen LogP) is 3.32. The number of hydrogen-bond donors (Lipinski definition) is 0. The van der Waals surface area contributed by atoms with Gasteiger partial charge < -0.3 is 4.57 Å². The van der Waals surface area contributed by atoms with Gasteiger partial charge in [-0.15, -0.1) is 10.2 Å². The van der Waals surface area contributed by atoms with Gasteiger partial charge in [-0.3, -0.25) is 9.67 Å². The van der Waals surface area contributed by atoms with Crippen molar-refractivity contribution >= 4 is 11.0 Å². The summed E-state index contributed by atoms with van der Waals surface area (Å²) in [6.07, 6.45) is 8.15. The molecule has 0 saturated heterocycles. The highest BCUT2D eigenvalue weighted by Crippen LogP contribution is 2.33. The van der Waals surface area contributed by atoms with Crippen LogP contribution in [0.2, 0.25) is 0 Å². The van der Waals surface area contributed by atoms with Gasteiger partial charge >= 0.3 is 0 Å². The average Bonchev–Trinajstić information content (AvgIpc) is 3.12. The number of pyridine rings is 2. The van der Waals surface area contributed by atoms with E-state index in [9.17, 15) is 0 Å². The van der Waals surface area contributed by atoms with Gasteiger partial charge in [-0.25, -0.2) is 4.98 Å². The second-order valence-electron chi connectivity index (χ2n) is 7.10. The Balaban J connectivity index is 1.80. The Hall–Kier alpha value is -3.09. The van der Waals surface area contributed by atoms with Crippen molar-refractivity contribution in [3.8, 4) is 22.6 Å². The van der Waals surface area contributed by atoms with Crippen molar-refractivity contribution in [2.45, 2.75) is 39.2 Å². The van der Waals surface area contributed by atoms with Crippen LogP contribution < -0.4 is 0 Å². The molecule has 0 fully saturated rings. The third kappa shape index (κ3) is 2.61. The quantitative estimate of drug-likeness (QED) is 0.549. The van der Waals surface area contributed by atoms with Gasteiger partial charge in [-0.2, -0.15) is 5.10 Å². The first-order valence-corrected chi connectivity index (χ1v) is 9.39. The molecule has 7 nitrogen and oxygen atoms in total. The van der Waals surface area contributed by atoms with Crippen LogP contribution in [0, 0.1) is 6.92 Å². The SMILES string of the molecule is Cc1nn(C)c2nc(-c3ccncc3)cc(-c3nnc4n3CCCCC4)c12. The molecule has 4 aromatic heterocycles. The van der Waals surface area contributed by atoms with Crippen LogP contribution in [0.25, 0.3) is 33.7 Å². The highest BCUT2D eigenvalue weighted by atomic mass is 15.3. The molecule has 0 aliphatic carbocycles. The Kier molecular flexibility index (Phi) is 3.74. The minimum atomic E-state index is 0.864. The van der Waals surface area contributed by atoms with E-state index in [0.717, 1.165) is 64.6 Å². The molecule has 0 aromatic carbocycles. The summed E-state index contributed by atoms with van der Waals surface area (Å²) in [7, 11) is 1.94. The Bertz CT molecular complexity index is 1120. The monoisotopic (exact) mass is 359 g/mol. The minimum Gasteiger partial charge on any atom is -0.311 e. The van der Waals surface area contributed by atoms with E-state index in [4.69, 9.17) is 4.98 Å². The first-order valence-electron chi connectivity index (χ1n) is 9.39. The van der Waals surface area contributed by atoms with Gasteiger partial charge in [0.25, 0.3) is 0 Å². The molecule has 1 aliphatic heterocycles. The van der Waals surface area contributed by atoms with Crippen molar-refractivity contribution in [1.29, 1.82) is 0 Å². The lowest BCUT2D eigenvalue weighted by molar-refractivity contribution is 0.637. The lowest BCUT2D eigenvalue weighted by Crippen LogP contribution is -2.04. The van der Waals surface area contributed by atoms with Crippen molar-refractivity contribution in [3.05, 3.63) is 42.1 Å². The molecule has 0 unspecified atom stereocenters. The minimum absolute atomic E-state index is 0.864. The fourth-order valence-corrected chi connectivity index (χ4v) is 3.98. The molecule has 1 aliphatic rings. The summed E-state index contributed by atoms with van der Waals surface area (Å²) in [5.74, 6) is 2.00. The largest absolute Gasteiger partial charge is 0.311 e. The molecule has 0 radical (unpaired) electrons. The fourth-order valence-electron chi connectivity index (χ4n) is 3.98. The van der Waals surface area contributed by atoms with E-state index in [2.05, 4.69) is 30.9 Å². The van der Waals surface area contributed by atoms with Crippen LogP contribution in [0.4, 0.5) is 0 Å². The van der Waals surface area contributed by atoms with Gasteiger partial charge in [-0.1, -0.05) is 6.42 Å². The van der Waals surface area contributed by atoms with Crippen LogP contribution in [0.5, 0.6) is 0 Å². The maximum Gasteiger partial charge on any atom is 0.164 e. The predicted molar refractivity (Wildman–Crippen MR) is 103 cm³/mol. The molecule has 0 spiro atoms. The average molecular weight is 359 g/mol. The van der Waals surface area contributed by atoms with Crippen molar-refractivity contribution in [1.82, 2.24) is 34.5 Å². The van der Waals surface area contributed by atoms with E-state index in [0.29, 0.717) is 0 Å². The van der Waals surface area contributed by atoms with Crippen LogP contribution in [-0.2, 0) is 20.0 Å². The molecule has 0 bridgehead atoms. The Morgan fingerprint density at radius 2 is 1.89 bits per heavy atom. The Morgan fingerprint density at radius 3 is 2.74 bits per heavy atom. The zero-order chi connectivity index (χ0) is 18.4. The van der Waals surface area contributed by atoms with E-state index in [1.165, 1.54) is 12.8 Å². The molecule has 4 aromatic rings. The van der Waals surface area contributed by atoms with Gasteiger partial charge in [-0.05, 0) is 38.0 Å². The Morgan fingerprint density at radius 1 is 1.04 bits per heavy atom. The van der Waals surface area contributed by atoms with Crippen LogP contribution in [-0.4, -0.2) is 34.5 Å². The molecule has 27 heavy (non-hydrogen) atoms. The summed E-state index contributed by atoms with van der Waals surface area (Å²) < 4.78 is 4.13.